The number of hydrogen-bond acceptors (Lipinski definition) is 3. The van der Waals surface area contributed by atoms with Crippen LogP contribution in [0.5, 0.6) is 11.5 Å². The summed E-state index contributed by atoms with van der Waals surface area (Å²) in [5.41, 5.74) is 2.16. The summed E-state index contributed by atoms with van der Waals surface area (Å²) in [4.78, 5) is 0. The number of benzene rings is 2. The molecule has 0 saturated heterocycles. The molecule has 0 bridgehead atoms. The second-order valence-corrected chi connectivity index (χ2v) is 6.08. The molecule has 112 valence electrons. The maximum absolute atomic E-state index is 5.52. The van der Waals surface area contributed by atoms with E-state index < -0.39 is 0 Å². The van der Waals surface area contributed by atoms with Gasteiger partial charge >= 0.3 is 0 Å². The molecule has 0 atom stereocenters. The lowest BCUT2D eigenvalue weighted by Crippen LogP contribution is -2.02. The van der Waals surface area contributed by atoms with Gasteiger partial charge in [0.1, 0.15) is 0 Å². The van der Waals surface area contributed by atoms with E-state index in [1.54, 1.807) is 7.11 Å². The molecule has 1 N–H and O–H groups in total. The molecule has 0 aliphatic rings. The Morgan fingerprint density at radius 2 is 1.76 bits per heavy atom. The van der Waals surface area contributed by atoms with Gasteiger partial charge in [0, 0.05) is 15.5 Å². The third-order valence-corrected chi connectivity index (χ3v) is 4.28. The topological polar surface area (TPSA) is 30.5 Å². The fourth-order valence-electron chi connectivity index (χ4n) is 1.95. The number of methoxy groups -OCH3 is 1. The van der Waals surface area contributed by atoms with Crippen molar-refractivity contribution in [3.8, 4) is 11.5 Å². The summed E-state index contributed by atoms with van der Waals surface area (Å²) in [5, 5.41) is 3.41. The maximum Gasteiger partial charge on any atom is 0.161 e. The van der Waals surface area contributed by atoms with Crippen molar-refractivity contribution in [2.75, 3.05) is 19.0 Å². The van der Waals surface area contributed by atoms with E-state index in [1.165, 1.54) is 0 Å². The number of nitrogens with one attached hydrogen (secondary N) is 1. The Bertz CT molecular complexity index is 597. The molecule has 0 spiro atoms. The zero-order valence-electron chi connectivity index (χ0n) is 12.0. The van der Waals surface area contributed by atoms with Gasteiger partial charge in [0.2, 0.25) is 0 Å². The summed E-state index contributed by atoms with van der Waals surface area (Å²) in [5.74, 6) is 1.52. The van der Waals surface area contributed by atoms with Crippen LogP contribution in [0, 0.1) is 0 Å². The molecule has 0 aliphatic carbocycles. The lowest BCUT2D eigenvalue weighted by atomic mass is 10.2. The Kier molecular flexibility index (Phi) is 5.94. The fourth-order valence-corrected chi connectivity index (χ4v) is 3.23. The lowest BCUT2D eigenvalue weighted by Gasteiger charge is -2.13. The highest BCUT2D eigenvalue weighted by atomic mass is 79.9. The predicted octanol–water partition coefficient (Wildman–Crippen LogP) is 5.23. The van der Waals surface area contributed by atoms with E-state index in [0.29, 0.717) is 13.2 Å². The van der Waals surface area contributed by atoms with Crippen molar-refractivity contribution in [3.05, 3.63) is 50.9 Å². The van der Waals surface area contributed by atoms with Crippen LogP contribution < -0.4 is 14.8 Å². The molecule has 0 aromatic heterocycles. The summed E-state index contributed by atoms with van der Waals surface area (Å²) in [6, 6.07) is 12.0. The first kappa shape index (κ1) is 16.2. The molecule has 2 aromatic carbocycles. The molecule has 2 aromatic rings. The van der Waals surface area contributed by atoms with Crippen LogP contribution in [0.1, 0.15) is 12.5 Å². The van der Waals surface area contributed by atoms with Crippen LogP contribution in [0.4, 0.5) is 5.69 Å². The molecule has 0 saturated carbocycles. The molecule has 0 amide bonds. The number of para-hydroxylation sites is 1. The van der Waals surface area contributed by atoms with Crippen LogP contribution >= 0.6 is 31.9 Å². The largest absolute Gasteiger partial charge is 0.493 e. The van der Waals surface area contributed by atoms with Gasteiger partial charge in [-0.3, -0.25) is 0 Å². The Morgan fingerprint density at radius 1 is 1.05 bits per heavy atom. The van der Waals surface area contributed by atoms with Crippen LogP contribution in [0.15, 0.2) is 45.3 Å². The first-order valence-corrected chi connectivity index (χ1v) is 8.22. The molecule has 0 heterocycles. The second-order valence-electron chi connectivity index (χ2n) is 4.37. The summed E-state index contributed by atoms with van der Waals surface area (Å²) in [6.07, 6.45) is 0. The molecule has 2 rings (SSSR count). The predicted molar refractivity (Wildman–Crippen MR) is 93.3 cm³/mol. The number of ether oxygens (including phenoxy) is 2. The smallest absolute Gasteiger partial charge is 0.161 e. The van der Waals surface area contributed by atoms with E-state index in [4.69, 9.17) is 9.47 Å². The minimum Gasteiger partial charge on any atom is -0.493 e. The second kappa shape index (κ2) is 7.71. The van der Waals surface area contributed by atoms with E-state index in [2.05, 4.69) is 37.2 Å². The molecule has 0 unspecified atom stereocenters. The van der Waals surface area contributed by atoms with E-state index >= 15 is 0 Å². The minimum absolute atomic E-state index is 0.623. The third kappa shape index (κ3) is 4.14. The van der Waals surface area contributed by atoms with Crippen molar-refractivity contribution in [2.24, 2.45) is 0 Å². The summed E-state index contributed by atoms with van der Waals surface area (Å²) in [7, 11) is 1.65. The Labute approximate surface area is 141 Å². The molecule has 21 heavy (non-hydrogen) atoms. The van der Waals surface area contributed by atoms with Gasteiger partial charge in [0.05, 0.1) is 19.4 Å². The number of anilines is 1. The van der Waals surface area contributed by atoms with Gasteiger partial charge in [0.25, 0.3) is 0 Å². The van der Waals surface area contributed by atoms with Gasteiger partial charge in [-0.05, 0) is 68.6 Å². The van der Waals surface area contributed by atoms with Gasteiger partial charge in [-0.15, -0.1) is 0 Å². The molecular weight excluding hydrogens is 398 g/mol. The highest BCUT2D eigenvalue weighted by Crippen LogP contribution is 2.32. The lowest BCUT2D eigenvalue weighted by molar-refractivity contribution is 0.310. The maximum atomic E-state index is 5.52. The standard InChI is InChI=1S/C16H17Br2NO2/c1-3-21-14-8-7-11(9-15(14)20-2)10-19-16-12(17)5-4-6-13(16)18/h4-9,19H,3,10H2,1-2H3. The number of rotatable bonds is 6. The van der Waals surface area contributed by atoms with Crippen molar-refractivity contribution < 1.29 is 9.47 Å². The van der Waals surface area contributed by atoms with E-state index in [-0.39, 0.29) is 0 Å². The van der Waals surface area contributed by atoms with Crippen molar-refractivity contribution in [1.82, 2.24) is 0 Å². The Hall–Kier alpha value is -1.20. The monoisotopic (exact) mass is 413 g/mol. The van der Waals surface area contributed by atoms with E-state index in [9.17, 15) is 0 Å². The Morgan fingerprint density at radius 3 is 2.38 bits per heavy atom. The van der Waals surface area contributed by atoms with Gasteiger partial charge < -0.3 is 14.8 Å². The fraction of sp³-hybridized carbons (Fsp3) is 0.250. The quantitative estimate of drug-likeness (QED) is 0.701. The van der Waals surface area contributed by atoms with E-state index in [1.807, 2.05) is 43.3 Å². The highest BCUT2D eigenvalue weighted by molar-refractivity contribution is 9.11. The SMILES string of the molecule is CCOc1ccc(CNc2c(Br)cccc2Br)cc1OC. The van der Waals surface area contributed by atoms with Crippen molar-refractivity contribution in [3.63, 3.8) is 0 Å². The van der Waals surface area contributed by atoms with Gasteiger partial charge in [-0.1, -0.05) is 12.1 Å². The van der Waals surface area contributed by atoms with Crippen molar-refractivity contribution in [2.45, 2.75) is 13.5 Å². The normalized spacial score (nSPS) is 10.3. The molecule has 0 aliphatic heterocycles. The Balaban J connectivity index is 2.13. The molecular formula is C16H17Br2NO2. The summed E-state index contributed by atoms with van der Waals surface area (Å²) >= 11 is 7.09. The van der Waals surface area contributed by atoms with Crippen LogP contribution in [0.25, 0.3) is 0 Å². The number of halogens is 2. The number of hydrogen-bond donors (Lipinski definition) is 1. The van der Waals surface area contributed by atoms with Crippen molar-refractivity contribution in [1.29, 1.82) is 0 Å². The average Bonchev–Trinajstić information content (AvgIpc) is 2.48. The summed E-state index contributed by atoms with van der Waals surface area (Å²) < 4.78 is 12.9. The molecule has 5 heteroatoms. The van der Waals surface area contributed by atoms with Crippen molar-refractivity contribution >= 4 is 37.5 Å². The highest BCUT2D eigenvalue weighted by Gasteiger charge is 2.07. The first-order valence-electron chi connectivity index (χ1n) is 6.63. The zero-order chi connectivity index (χ0) is 15.2. The molecule has 0 fully saturated rings. The summed E-state index contributed by atoms with van der Waals surface area (Å²) in [6.45, 7) is 3.28. The van der Waals surface area contributed by atoms with Crippen LogP contribution in [0.2, 0.25) is 0 Å². The first-order chi connectivity index (χ1) is 10.2. The third-order valence-electron chi connectivity index (χ3n) is 2.96. The van der Waals surface area contributed by atoms with Crippen LogP contribution in [-0.4, -0.2) is 13.7 Å². The van der Waals surface area contributed by atoms with Gasteiger partial charge in [-0.2, -0.15) is 0 Å². The molecule has 3 nitrogen and oxygen atoms in total. The van der Waals surface area contributed by atoms with Crippen LogP contribution in [-0.2, 0) is 6.54 Å². The van der Waals surface area contributed by atoms with Crippen LogP contribution in [0.3, 0.4) is 0 Å². The van der Waals surface area contributed by atoms with Gasteiger partial charge in [-0.25, -0.2) is 0 Å². The minimum atomic E-state index is 0.623. The van der Waals surface area contributed by atoms with E-state index in [0.717, 1.165) is 31.7 Å². The van der Waals surface area contributed by atoms with Gasteiger partial charge in [0.15, 0.2) is 11.5 Å². The average molecular weight is 415 g/mol. The zero-order valence-corrected chi connectivity index (χ0v) is 15.1. The molecule has 0 radical (unpaired) electrons.